The Bertz CT molecular complexity index is 583. The van der Waals surface area contributed by atoms with E-state index in [4.69, 9.17) is 5.11 Å². The van der Waals surface area contributed by atoms with Gasteiger partial charge in [0, 0.05) is 25.4 Å². The Balaban J connectivity index is 2.80. The molecule has 0 saturated carbocycles. The van der Waals surface area contributed by atoms with Crippen LogP contribution in [0.25, 0.3) is 6.08 Å². The van der Waals surface area contributed by atoms with Crippen molar-refractivity contribution in [2.45, 2.75) is 4.90 Å². The van der Waals surface area contributed by atoms with Gasteiger partial charge in [-0.15, -0.1) is 0 Å². The van der Waals surface area contributed by atoms with E-state index in [-0.39, 0.29) is 22.7 Å². The number of nitrogens with one attached hydrogen (secondary N) is 1. The molecule has 7 heteroatoms. The minimum atomic E-state index is -3.61. The molecule has 0 fully saturated rings. The Kier molecular flexibility index (Phi) is 2.36. The first-order valence-electron chi connectivity index (χ1n) is 4.52. The van der Waals surface area contributed by atoms with Crippen LogP contribution < -0.4 is 4.72 Å². The Morgan fingerprint density at radius 2 is 2.25 bits per heavy atom. The Hall–Kier alpha value is -1.60. The number of fused-ring (bicyclic) bond motifs is 1. The van der Waals surface area contributed by atoms with Gasteiger partial charge in [-0.05, 0) is 0 Å². The van der Waals surface area contributed by atoms with Crippen LogP contribution in [-0.4, -0.2) is 30.6 Å². The third-order valence-corrected chi connectivity index (χ3v) is 3.80. The van der Waals surface area contributed by atoms with E-state index < -0.39 is 16.0 Å². The van der Waals surface area contributed by atoms with Crippen molar-refractivity contribution in [1.29, 1.82) is 0 Å². The second kappa shape index (κ2) is 3.46. The van der Waals surface area contributed by atoms with Gasteiger partial charge in [-0.1, -0.05) is 12.2 Å². The molecule has 0 atom stereocenters. The lowest BCUT2D eigenvalue weighted by Gasteiger charge is -1.99. The highest BCUT2D eigenvalue weighted by Gasteiger charge is 2.27. The lowest BCUT2D eigenvalue weighted by atomic mass is 10.2. The third kappa shape index (κ3) is 1.54. The van der Waals surface area contributed by atoms with Gasteiger partial charge in [0.15, 0.2) is 0 Å². The smallest absolute Gasteiger partial charge is 0.353 e. The fourth-order valence-corrected chi connectivity index (χ4v) is 2.89. The van der Waals surface area contributed by atoms with E-state index in [9.17, 15) is 13.2 Å². The van der Waals surface area contributed by atoms with E-state index in [1.807, 2.05) is 0 Å². The van der Waals surface area contributed by atoms with Crippen LogP contribution in [0.2, 0.25) is 0 Å². The van der Waals surface area contributed by atoms with Gasteiger partial charge in [0.05, 0.1) is 0 Å². The van der Waals surface area contributed by atoms with Gasteiger partial charge in [-0.2, -0.15) is 0 Å². The topological polar surface area (TPSA) is 88.4 Å². The summed E-state index contributed by atoms with van der Waals surface area (Å²) in [4.78, 5) is 11.0. The first kappa shape index (κ1) is 10.9. The molecule has 0 aliphatic carbocycles. The van der Waals surface area contributed by atoms with Crippen molar-refractivity contribution >= 4 is 22.1 Å². The predicted octanol–water partition coefficient (Wildman–Crippen LogP) is 0.0284. The maximum atomic E-state index is 11.7. The van der Waals surface area contributed by atoms with E-state index >= 15 is 0 Å². The van der Waals surface area contributed by atoms with Crippen molar-refractivity contribution in [3.05, 3.63) is 23.5 Å². The summed E-state index contributed by atoms with van der Waals surface area (Å²) >= 11 is 0. The number of carboxylic acids is 1. The molecule has 1 aromatic rings. The molecule has 1 aromatic heterocycles. The second-order valence-electron chi connectivity index (χ2n) is 3.43. The SMILES string of the molecule is Cn1cc2c(c1C(=O)O)C=CCNS2(=O)=O. The van der Waals surface area contributed by atoms with Gasteiger partial charge in [0.25, 0.3) is 0 Å². The largest absolute Gasteiger partial charge is 0.477 e. The zero-order chi connectivity index (χ0) is 11.9. The fourth-order valence-electron chi connectivity index (χ4n) is 1.67. The molecule has 2 rings (SSSR count). The summed E-state index contributed by atoms with van der Waals surface area (Å²) in [5, 5.41) is 9.00. The molecule has 6 nitrogen and oxygen atoms in total. The van der Waals surface area contributed by atoms with E-state index in [1.165, 1.54) is 23.9 Å². The number of carboxylic acid groups (broad SMARTS) is 1. The number of hydrogen-bond acceptors (Lipinski definition) is 3. The van der Waals surface area contributed by atoms with Crippen molar-refractivity contribution in [2.75, 3.05) is 6.54 Å². The maximum Gasteiger partial charge on any atom is 0.353 e. The number of nitrogens with zero attached hydrogens (tertiary/aromatic N) is 1. The number of aryl methyl sites for hydroxylation is 1. The average Bonchev–Trinajstić information content (AvgIpc) is 2.44. The van der Waals surface area contributed by atoms with Crippen LogP contribution in [-0.2, 0) is 17.1 Å². The quantitative estimate of drug-likeness (QED) is 0.727. The summed E-state index contributed by atoms with van der Waals surface area (Å²) in [6, 6.07) is 0. The maximum absolute atomic E-state index is 11.7. The van der Waals surface area contributed by atoms with Crippen LogP contribution in [0.5, 0.6) is 0 Å². The van der Waals surface area contributed by atoms with Crippen LogP contribution in [0.15, 0.2) is 17.2 Å². The van der Waals surface area contributed by atoms with Crippen LogP contribution in [0.1, 0.15) is 16.1 Å². The molecule has 0 aromatic carbocycles. The Morgan fingerprint density at radius 1 is 1.56 bits per heavy atom. The normalized spacial score (nSPS) is 17.8. The summed E-state index contributed by atoms with van der Waals surface area (Å²) in [7, 11) is -2.11. The summed E-state index contributed by atoms with van der Waals surface area (Å²) < 4.78 is 27.1. The van der Waals surface area contributed by atoms with Crippen molar-refractivity contribution in [1.82, 2.24) is 9.29 Å². The molecular weight excluding hydrogens is 232 g/mol. The highest BCUT2D eigenvalue weighted by Crippen LogP contribution is 2.24. The monoisotopic (exact) mass is 242 g/mol. The minimum Gasteiger partial charge on any atom is -0.477 e. The lowest BCUT2D eigenvalue weighted by molar-refractivity contribution is 0.0686. The molecule has 0 saturated heterocycles. The van der Waals surface area contributed by atoms with Gasteiger partial charge < -0.3 is 9.67 Å². The van der Waals surface area contributed by atoms with Crippen LogP contribution in [0.4, 0.5) is 0 Å². The van der Waals surface area contributed by atoms with Gasteiger partial charge >= 0.3 is 5.97 Å². The van der Waals surface area contributed by atoms with Crippen LogP contribution in [0, 0.1) is 0 Å². The molecule has 0 amide bonds. The average molecular weight is 242 g/mol. The summed E-state index contributed by atoms with van der Waals surface area (Å²) in [5.74, 6) is -1.15. The number of hydrogen-bond donors (Lipinski definition) is 2. The summed E-state index contributed by atoms with van der Waals surface area (Å²) in [6.45, 7) is 0.166. The molecule has 16 heavy (non-hydrogen) atoms. The number of carbonyl (C=O) groups is 1. The van der Waals surface area contributed by atoms with Crippen LogP contribution in [0.3, 0.4) is 0 Å². The van der Waals surface area contributed by atoms with E-state index in [0.717, 1.165) is 0 Å². The zero-order valence-corrected chi connectivity index (χ0v) is 9.28. The molecule has 86 valence electrons. The van der Waals surface area contributed by atoms with E-state index in [1.54, 1.807) is 6.08 Å². The van der Waals surface area contributed by atoms with Gasteiger partial charge in [0.1, 0.15) is 10.6 Å². The standard InChI is InChI=1S/C9H10N2O4S/c1-11-5-7-6(8(11)9(12)13)3-2-4-10-16(7,14)15/h2-3,5,10H,4H2,1H3,(H,12,13). The first-order valence-corrected chi connectivity index (χ1v) is 6.00. The van der Waals surface area contributed by atoms with Gasteiger partial charge in [-0.25, -0.2) is 17.9 Å². The van der Waals surface area contributed by atoms with Crippen molar-refractivity contribution in [2.24, 2.45) is 7.05 Å². The molecule has 1 aliphatic rings. The molecule has 1 aliphatic heterocycles. The van der Waals surface area contributed by atoms with Gasteiger partial charge in [-0.3, -0.25) is 0 Å². The fraction of sp³-hybridized carbons (Fsp3) is 0.222. The first-order chi connectivity index (χ1) is 7.43. The van der Waals surface area contributed by atoms with Crippen molar-refractivity contribution in [3.63, 3.8) is 0 Å². The minimum absolute atomic E-state index is 0.00106. The van der Waals surface area contributed by atoms with E-state index in [0.29, 0.717) is 0 Å². The summed E-state index contributed by atoms with van der Waals surface area (Å²) in [6.07, 6.45) is 4.39. The predicted molar refractivity (Wildman–Crippen MR) is 56.6 cm³/mol. The highest BCUT2D eigenvalue weighted by molar-refractivity contribution is 7.89. The molecule has 2 N–H and O–H groups in total. The number of rotatable bonds is 1. The van der Waals surface area contributed by atoms with Crippen LogP contribution >= 0.6 is 0 Å². The Morgan fingerprint density at radius 3 is 2.88 bits per heavy atom. The molecule has 0 bridgehead atoms. The highest BCUT2D eigenvalue weighted by atomic mass is 32.2. The zero-order valence-electron chi connectivity index (χ0n) is 8.47. The summed E-state index contributed by atoms with van der Waals surface area (Å²) in [5.41, 5.74) is 0.193. The van der Waals surface area contributed by atoms with Gasteiger partial charge in [0.2, 0.25) is 10.0 Å². The molecular formula is C9H10N2O4S. The molecule has 0 spiro atoms. The molecule has 0 unspecified atom stereocenters. The lowest BCUT2D eigenvalue weighted by Crippen LogP contribution is -2.22. The van der Waals surface area contributed by atoms with Crippen molar-refractivity contribution < 1.29 is 18.3 Å². The molecule has 0 radical (unpaired) electrons. The Labute approximate surface area is 92.2 Å². The number of aromatic nitrogens is 1. The second-order valence-corrected chi connectivity index (χ2v) is 5.16. The van der Waals surface area contributed by atoms with E-state index in [2.05, 4.69) is 4.72 Å². The third-order valence-electron chi connectivity index (χ3n) is 2.35. The van der Waals surface area contributed by atoms with Crippen molar-refractivity contribution in [3.8, 4) is 0 Å². The number of sulfonamides is 1. The number of aromatic carboxylic acids is 1. The molecule has 2 heterocycles.